The van der Waals surface area contributed by atoms with E-state index in [0.29, 0.717) is 12.1 Å². The lowest BCUT2D eigenvalue weighted by molar-refractivity contribution is 0.405. The van der Waals surface area contributed by atoms with E-state index in [1.165, 1.54) is 6.07 Å². The van der Waals surface area contributed by atoms with Crippen molar-refractivity contribution in [1.29, 1.82) is 0 Å². The first-order valence-corrected chi connectivity index (χ1v) is 14.8. The summed E-state index contributed by atoms with van der Waals surface area (Å²) in [7, 11) is -3.11. The Morgan fingerprint density at radius 2 is 1.39 bits per heavy atom. The number of hydrogen-bond acceptors (Lipinski definition) is 1. The Balaban J connectivity index is 2.09. The molecular formula is C28H31F6OSi. The fourth-order valence-electron chi connectivity index (χ4n) is 4.60. The molecule has 3 aromatic rings. The highest BCUT2D eigenvalue weighted by Gasteiger charge is 2.43. The minimum Gasteiger partial charge on any atom is -0.539 e. The smallest absolute Gasteiger partial charge is 0.258 e. The van der Waals surface area contributed by atoms with Crippen LogP contribution in [-0.4, -0.2) is 8.32 Å². The van der Waals surface area contributed by atoms with E-state index in [1.807, 2.05) is 44.2 Å². The fraction of sp³-hybridized carbons (Fsp3) is 0.429. The highest BCUT2D eigenvalue weighted by atomic mass is 28.4. The summed E-state index contributed by atoms with van der Waals surface area (Å²) in [6.07, 6.45) is 5.96. The standard InChI is InChI=1S/C28H31F6OSi/c1-4-5-6-7-8-12-15-36(18(2)3,17-19-13-10-9-11-14-19)35-28-26(33)23-22(25(32)27(28)34)20(29)16-21(30)24(23)31/h9-11,13-14,18H,4-8,12,15,17H2,1-3H3. The van der Waals surface area contributed by atoms with Crippen LogP contribution >= 0.6 is 0 Å². The number of hydrogen-bond donors (Lipinski definition) is 0. The Bertz CT molecular complexity index is 1180. The maximum Gasteiger partial charge on any atom is 0.258 e. The van der Waals surface area contributed by atoms with E-state index in [-0.39, 0.29) is 5.54 Å². The van der Waals surface area contributed by atoms with Crippen LogP contribution in [0.25, 0.3) is 10.8 Å². The Morgan fingerprint density at radius 3 is 2.03 bits per heavy atom. The lowest BCUT2D eigenvalue weighted by Crippen LogP contribution is -2.48. The summed E-state index contributed by atoms with van der Waals surface area (Å²) in [5.41, 5.74) is 0.733. The van der Waals surface area contributed by atoms with Crippen molar-refractivity contribution in [3.8, 4) is 5.75 Å². The van der Waals surface area contributed by atoms with Crippen molar-refractivity contribution in [2.45, 2.75) is 76.9 Å². The molecule has 0 bridgehead atoms. The van der Waals surface area contributed by atoms with Crippen molar-refractivity contribution in [1.82, 2.24) is 0 Å². The second-order valence-corrected chi connectivity index (χ2v) is 13.9. The first kappa shape index (κ1) is 28.1. The highest BCUT2D eigenvalue weighted by Crippen LogP contribution is 2.41. The minimum absolute atomic E-state index is 0.159. The van der Waals surface area contributed by atoms with Gasteiger partial charge in [-0.1, -0.05) is 89.6 Å². The quantitative estimate of drug-likeness (QED) is 0.0991. The predicted molar refractivity (Wildman–Crippen MR) is 132 cm³/mol. The second kappa shape index (κ2) is 12.2. The fourth-order valence-corrected chi connectivity index (χ4v) is 8.53. The number of benzene rings is 3. The summed E-state index contributed by atoms with van der Waals surface area (Å²) < 4.78 is 94.1. The molecule has 0 aliphatic rings. The summed E-state index contributed by atoms with van der Waals surface area (Å²) in [6.45, 7) is 5.89. The van der Waals surface area contributed by atoms with Crippen LogP contribution in [0.5, 0.6) is 5.75 Å². The van der Waals surface area contributed by atoms with E-state index in [0.717, 1.165) is 44.1 Å². The van der Waals surface area contributed by atoms with E-state index in [4.69, 9.17) is 4.43 Å². The first-order valence-electron chi connectivity index (χ1n) is 12.4. The molecule has 195 valence electrons. The van der Waals surface area contributed by atoms with Gasteiger partial charge in [-0.25, -0.2) is 22.0 Å². The van der Waals surface area contributed by atoms with Gasteiger partial charge in [0, 0.05) is 6.04 Å². The van der Waals surface area contributed by atoms with Crippen LogP contribution in [0.1, 0.15) is 64.9 Å². The molecule has 0 N–H and O–H groups in total. The SMILES string of the molecule is CCCCCCCC[Si](Cc1ccccc1)(Oc1c(F)c(F)c2c(F)[c]c(F)c(F)c2c1F)C(C)C. The summed E-state index contributed by atoms with van der Waals surface area (Å²) in [4.78, 5) is 0. The normalized spacial score (nSPS) is 13.4. The van der Waals surface area contributed by atoms with Crippen molar-refractivity contribution in [2.75, 3.05) is 0 Å². The monoisotopic (exact) mass is 525 g/mol. The van der Waals surface area contributed by atoms with Crippen molar-refractivity contribution in [3.05, 3.63) is 76.9 Å². The van der Waals surface area contributed by atoms with Crippen LogP contribution in [0.15, 0.2) is 30.3 Å². The van der Waals surface area contributed by atoms with Gasteiger partial charge in [0.05, 0.1) is 16.8 Å². The molecule has 0 heterocycles. The van der Waals surface area contributed by atoms with Crippen LogP contribution in [0.4, 0.5) is 26.3 Å². The third kappa shape index (κ3) is 5.90. The van der Waals surface area contributed by atoms with Crippen molar-refractivity contribution < 1.29 is 30.8 Å². The van der Waals surface area contributed by atoms with Crippen LogP contribution in [0, 0.1) is 41.0 Å². The average molecular weight is 526 g/mol. The molecule has 0 amide bonds. The zero-order valence-corrected chi connectivity index (χ0v) is 21.8. The van der Waals surface area contributed by atoms with Crippen molar-refractivity contribution in [2.24, 2.45) is 0 Å². The molecular weight excluding hydrogens is 494 g/mol. The molecule has 0 aliphatic carbocycles. The van der Waals surface area contributed by atoms with Gasteiger partial charge in [-0.15, -0.1) is 0 Å². The summed E-state index contributed by atoms with van der Waals surface area (Å²) in [6, 6.07) is 11.5. The molecule has 36 heavy (non-hydrogen) atoms. The molecule has 3 aromatic carbocycles. The van der Waals surface area contributed by atoms with Gasteiger partial charge >= 0.3 is 0 Å². The number of halogens is 6. The van der Waals surface area contributed by atoms with Crippen LogP contribution < -0.4 is 4.43 Å². The lowest BCUT2D eigenvalue weighted by atomic mass is 10.1. The topological polar surface area (TPSA) is 9.23 Å². The number of rotatable bonds is 12. The van der Waals surface area contributed by atoms with Gasteiger partial charge in [-0.2, -0.15) is 4.39 Å². The molecule has 3 rings (SSSR count). The van der Waals surface area contributed by atoms with Gasteiger partial charge in [0.15, 0.2) is 29.0 Å². The van der Waals surface area contributed by atoms with Gasteiger partial charge < -0.3 is 4.43 Å². The van der Waals surface area contributed by atoms with E-state index in [2.05, 4.69) is 6.92 Å². The molecule has 1 radical (unpaired) electrons. The first-order chi connectivity index (χ1) is 17.1. The van der Waals surface area contributed by atoms with E-state index < -0.39 is 59.7 Å². The zero-order valence-electron chi connectivity index (χ0n) is 20.8. The Labute approximate surface area is 209 Å². The molecule has 0 aromatic heterocycles. The van der Waals surface area contributed by atoms with E-state index in [1.54, 1.807) is 0 Å². The van der Waals surface area contributed by atoms with Gasteiger partial charge in [0.25, 0.3) is 8.32 Å². The summed E-state index contributed by atoms with van der Waals surface area (Å²) in [5, 5.41) is -2.64. The third-order valence-electron chi connectivity index (χ3n) is 6.79. The van der Waals surface area contributed by atoms with E-state index in [9.17, 15) is 17.6 Å². The Morgan fingerprint density at radius 1 is 0.750 bits per heavy atom. The van der Waals surface area contributed by atoms with E-state index >= 15 is 8.78 Å². The minimum atomic E-state index is -3.11. The van der Waals surface area contributed by atoms with Crippen LogP contribution in [0.2, 0.25) is 11.6 Å². The molecule has 0 saturated carbocycles. The second-order valence-electron chi connectivity index (χ2n) is 9.59. The van der Waals surface area contributed by atoms with Crippen molar-refractivity contribution >= 4 is 19.1 Å². The number of fused-ring (bicyclic) bond motifs is 1. The van der Waals surface area contributed by atoms with Crippen molar-refractivity contribution in [3.63, 3.8) is 0 Å². The van der Waals surface area contributed by atoms with Gasteiger partial charge in [-0.3, -0.25) is 0 Å². The van der Waals surface area contributed by atoms with Gasteiger partial charge in [-0.05, 0) is 17.1 Å². The molecule has 1 atom stereocenters. The van der Waals surface area contributed by atoms with Crippen LogP contribution in [-0.2, 0) is 6.04 Å². The maximum absolute atomic E-state index is 15.5. The maximum atomic E-state index is 15.5. The molecule has 0 spiro atoms. The highest BCUT2D eigenvalue weighted by molar-refractivity contribution is 6.75. The summed E-state index contributed by atoms with van der Waals surface area (Å²) >= 11 is 0. The molecule has 0 saturated heterocycles. The third-order valence-corrected chi connectivity index (χ3v) is 11.7. The number of unbranched alkanes of at least 4 members (excludes halogenated alkanes) is 5. The van der Waals surface area contributed by atoms with Gasteiger partial charge in [0.1, 0.15) is 5.82 Å². The average Bonchev–Trinajstić information content (AvgIpc) is 2.85. The summed E-state index contributed by atoms with van der Waals surface area (Å²) in [5.74, 6) is -11.7. The zero-order chi connectivity index (χ0) is 26.5. The molecule has 0 fully saturated rings. The Kier molecular flexibility index (Phi) is 9.50. The predicted octanol–water partition coefficient (Wildman–Crippen LogP) is 9.35. The Hall–Kier alpha value is -2.48. The molecule has 1 unspecified atom stereocenters. The molecule has 1 nitrogen and oxygen atoms in total. The van der Waals surface area contributed by atoms with Gasteiger partial charge in [0.2, 0.25) is 5.82 Å². The van der Waals surface area contributed by atoms with Crippen LogP contribution in [0.3, 0.4) is 0 Å². The largest absolute Gasteiger partial charge is 0.539 e. The lowest BCUT2D eigenvalue weighted by Gasteiger charge is -2.36. The molecule has 8 heteroatoms. The molecule has 0 aliphatic heterocycles.